The van der Waals surface area contributed by atoms with Gasteiger partial charge in [-0.25, -0.2) is 0 Å². The number of rotatable bonds is 1. The highest BCUT2D eigenvalue weighted by molar-refractivity contribution is 5.90. The molecule has 1 amide bonds. The summed E-state index contributed by atoms with van der Waals surface area (Å²) in [5, 5.41) is 19.3. The third-order valence-corrected chi connectivity index (χ3v) is 5.58. The Balaban J connectivity index is 1.83. The number of aliphatic hydroxyl groups excluding tert-OH is 2. The van der Waals surface area contributed by atoms with Gasteiger partial charge in [-0.1, -0.05) is 13.8 Å². The summed E-state index contributed by atoms with van der Waals surface area (Å²) in [7, 11) is 0. The van der Waals surface area contributed by atoms with Gasteiger partial charge in [0, 0.05) is 31.0 Å². The van der Waals surface area contributed by atoms with Crippen molar-refractivity contribution in [3.8, 4) is 0 Å². The second kappa shape index (κ2) is 4.40. The number of nitrogens with zero attached hydrogens (tertiary/aromatic N) is 1. The summed E-state index contributed by atoms with van der Waals surface area (Å²) in [5.74, 6) is -0.126. The molecule has 6 nitrogen and oxygen atoms in total. The zero-order valence-electron chi connectivity index (χ0n) is 12.1. The zero-order chi connectivity index (χ0) is 14.7. The lowest BCUT2D eigenvalue weighted by molar-refractivity contribution is -0.229. The molecular formula is C14H24N2O4. The Morgan fingerprint density at radius 3 is 2.50 bits per heavy atom. The van der Waals surface area contributed by atoms with Crippen LogP contribution in [0.2, 0.25) is 0 Å². The fraction of sp³-hybridized carbons (Fsp3) is 0.929. The average molecular weight is 284 g/mol. The second-order valence-corrected chi connectivity index (χ2v) is 6.98. The Kier molecular flexibility index (Phi) is 3.14. The van der Waals surface area contributed by atoms with E-state index >= 15 is 0 Å². The van der Waals surface area contributed by atoms with E-state index in [0.717, 1.165) is 19.4 Å². The minimum atomic E-state index is -0.956. The van der Waals surface area contributed by atoms with Gasteiger partial charge in [0.2, 0.25) is 5.91 Å². The predicted octanol–water partition coefficient (Wildman–Crippen LogP) is -0.917. The van der Waals surface area contributed by atoms with Crippen LogP contribution in [0.15, 0.2) is 0 Å². The molecule has 114 valence electrons. The highest BCUT2D eigenvalue weighted by atomic mass is 16.5. The number of hydrogen-bond donors (Lipinski definition) is 3. The lowest BCUT2D eigenvalue weighted by atomic mass is 9.46. The summed E-state index contributed by atoms with van der Waals surface area (Å²) in [5.41, 5.74) is 5.14. The van der Waals surface area contributed by atoms with Gasteiger partial charge in [-0.2, -0.15) is 0 Å². The maximum Gasteiger partial charge on any atom is 0.243 e. The van der Waals surface area contributed by atoms with Gasteiger partial charge in [-0.15, -0.1) is 0 Å². The van der Waals surface area contributed by atoms with Gasteiger partial charge in [-0.3, -0.25) is 4.79 Å². The maximum absolute atomic E-state index is 12.8. The first-order valence-electron chi connectivity index (χ1n) is 7.36. The van der Waals surface area contributed by atoms with E-state index < -0.39 is 23.2 Å². The van der Waals surface area contributed by atoms with Crippen molar-refractivity contribution in [3.63, 3.8) is 0 Å². The minimum absolute atomic E-state index is 0.0302. The van der Waals surface area contributed by atoms with E-state index in [1.165, 1.54) is 4.90 Å². The molecule has 0 bridgehead atoms. The van der Waals surface area contributed by atoms with Crippen molar-refractivity contribution in [2.24, 2.45) is 17.1 Å². The first-order chi connectivity index (χ1) is 9.30. The topological polar surface area (TPSA) is 96.0 Å². The highest BCUT2D eigenvalue weighted by Gasteiger charge is 2.71. The van der Waals surface area contributed by atoms with E-state index in [1.54, 1.807) is 0 Å². The second-order valence-electron chi connectivity index (χ2n) is 6.98. The lowest BCUT2D eigenvalue weighted by Gasteiger charge is -2.65. The van der Waals surface area contributed by atoms with E-state index in [4.69, 9.17) is 10.5 Å². The SMILES string of the molecule is CC1(C)C2OCCCC2C1(N)C(=O)N1CC(O)C(O)C1. The molecule has 2 aliphatic heterocycles. The number of carbonyl (C=O) groups is 1. The van der Waals surface area contributed by atoms with Crippen molar-refractivity contribution in [1.29, 1.82) is 0 Å². The number of ether oxygens (including phenoxy) is 1. The number of hydrogen-bond acceptors (Lipinski definition) is 5. The quantitative estimate of drug-likeness (QED) is 0.579. The van der Waals surface area contributed by atoms with Gasteiger partial charge in [-0.05, 0) is 12.8 Å². The first kappa shape index (κ1) is 14.3. The molecule has 5 atom stereocenters. The third-order valence-electron chi connectivity index (χ3n) is 5.58. The Hall–Kier alpha value is -0.690. The van der Waals surface area contributed by atoms with Gasteiger partial charge in [0.25, 0.3) is 0 Å². The van der Waals surface area contributed by atoms with Crippen LogP contribution in [-0.4, -0.2) is 64.6 Å². The van der Waals surface area contributed by atoms with Gasteiger partial charge in [0.05, 0.1) is 18.3 Å². The van der Waals surface area contributed by atoms with Crippen molar-refractivity contribution in [1.82, 2.24) is 4.90 Å². The van der Waals surface area contributed by atoms with E-state index in [2.05, 4.69) is 0 Å². The van der Waals surface area contributed by atoms with Crippen molar-refractivity contribution in [2.75, 3.05) is 19.7 Å². The van der Waals surface area contributed by atoms with Crippen LogP contribution < -0.4 is 5.73 Å². The Morgan fingerprint density at radius 2 is 1.90 bits per heavy atom. The molecule has 5 unspecified atom stereocenters. The molecule has 0 spiro atoms. The van der Waals surface area contributed by atoms with E-state index in [1.807, 2.05) is 13.8 Å². The molecule has 2 heterocycles. The van der Waals surface area contributed by atoms with Crippen LogP contribution in [0.4, 0.5) is 0 Å². The minimum Gasteiger partial charge on any atom is -0.388 e. The van der Waals surface area contributed by atoms with Crippen molar-refractivity contribution >= 4 is 5.91 Å². The zero-order valence-corrected chi connectivity index (χ0v) is 12.1. The van der Waals surface area contributed by atoms with Crippen LogP contribution in [0.3, 0.4) is 0 Å². The van der Waals surface area contributed by atoms with Crippen molar-refractivity contribution in [2.45, 2.75) is 50.5 Å². The van der Waals surface area contributed by atoms with E-state index in [0.29, 0.717) is 0 Å². The van der Waals surface area contributed by atoms with Gasteiger partial charge < -0.3 is 25.6 Å². The summed E-state index contributed by atoms with van der Waals surface area (Å²) >= 11 is 0. The number of nitrogens with two attached hydrogens (primary N) is 1. The molecule has 20 heavy (non-hydrogen) atoms. The lowest BCUT2D eigenvalue weighted by Crippen LogP contribution is -2.82. The molecule has 0 aromatic rings. The van der Waals surface area contributed by atoms with Crippen molar-refractivity contribution in [3.05, 3.63) is 0 Å². The van der Waals surface area contributed by atoms with Gasteiger partial charge in [0.15, 0.2) is 0 Å². The maximum atomic E-state index is 12.8. The molecular weight excluding hydrogens is 260 g/mol. The average Bonchev–Trinajstić information content (AvgIpc) is 2.77. The first-order valence-corrected chi connectivity index (χ1v) is 7.36. The largest absolute Gasteiger partial charge is 0.388 e. The summed E-state index contributed by atoms with van der Waals surface area (Å²) in [6.45, 7) is 5.00. The van der Waals surface area contributed by atoms with E-state index in [-0.39, 0.29) is 31.0 Å². The highest BCUT2D eigenvalue weighted by Crippen LogP contribution is 2.58. The number of fused-ring (bicyclic) bond motifs is 1. The molecule has 6 heteroatoms. The monoisotopic (exact) mass is 284 g/mol. The molecule has 0 radical (unpaired) electrons. The number of carbonyl (C=O) groups excluding carboxylic acids is 1. The summed E-state index contributed by atoms with van der Waals surface area (Å²) in [4.78, 5) is 14.3. The fourth-order valence-electron chi connectivity index (χ4n) is 4.21. The molecule has 1 aliphatic carbocycles. The Labute approximate surface area is 118 Å². The molecule has 1 saturated carbocycles. The molecule has 3 rings (SSSR count). The molecule has 2 saturated heterocycles. The number of aliphatic hydroxyl groups is 2. The molecule has 0 aromatic carbocycles. The molecule has 4 N–H and O–H groups in total. The Morgan fingerprint density at radius 1 is 1.30 bits per heavy atom. The predicted molar refractivity (Wildman–Crippen MR) is 71.8 cm³/mol. The Bertz CT molecular complexity index is 417. The normalized spacial score (nSPS) is 46.8. The van der Waals surface area contributed by atoms with Crippen LogP contribution in [0.5, 0.6) is 0 Å². The van der Waals surface area contributed by atoms with Crippen LogP contribution in [0.1, 0.15) is 26.7 Å². The van der Waals surface area contributed by atoms with Crippen LogP contribution in [-0.2, 0) is 9.53 Å². The molecule has 3 aliphatic rings. The molecule has 0 aromatic heterocycles. The number of β-amino-alcohol motifs (C(OH)–C–C–N with tert-alkyl or cyclic N) is 2. The summed E-state index contributed by atoms with van der Waals surface area (Å²) < 4.78 is 5.79. The van der Waals surface area contributed by atoms with Gasteiger partial charge in [0.1, 0.15) is 5.54 Å². The van der Waals surface area contributed by atoms with Crippen LogP contribution in [0, 0.1) is 11.3 Å². The fourth-order valence-corrected chi connectivity index (χ4v) is 4.21. The van der Waals surface area contributed by atoms with E-state index in [9.17, 15) is 15.0 Å². The van der Waals surface area contributed by atoms with Crippen LogP contribution in [0.25, 0.3) is 0 Å². The number of likely N-dealkylation sites (tertiary alicyclic amines) is 1. The third kappa shape index (κ3) is 1.62. The van der Waals surface area contributed by atoms with Crippen LogP contribution >= 0.6 is 0 Å². The summed E-state index contributed by atoms with van der Waals surface area (Å²) in [6.07, 6.45) is 0.111. The number of amides is 1. The smallest absolute Gasteiger partial charge is 0.243 e. The van der Waals surface area contributed by atoms with Crippen molar-refractivity contribution < 1.29 is 19.7 Å². The molecule has 3 fully saturated rings. The summed E-state index contributed by atoms with van der Waals surface area (Å²) in [6, 6.07) is 0. The van der Waals surface area contributed by atoms with Gasteiger partial charge >= 0.3 is 0 Å². The standard InChI is InChI=1S/C14H24N2O4/c1-13(2)11-8(4-3-5-20-11)14(13,15)12(19)16-6-9(17)10(18)7-16/h8-11,17-18H,3-7,15H2,1-2H3.